The normalized spacial score (nSPS) is 28.7. The first-order valence-electron chi connectivity index (χ1n) is 5.65. The van der Waals surface area contributed by atoms with Gasteiger partial charge in [-0.25, -0.2) is 0 Å². The van der Waals surface area contributed by atoms with Crippen molar-refractivity contribution < 1.29 is 9.16 Å². The summed E-state index contributed by atoms with van der Waals surface area (Å²) in [7, 11) is -1.65. The predicted molar refractivity (Wildman–Crippen MR) is 66.6 cm³/mol. The Morgan fingerprint density at radius 3 is 2.27 bits per heavy atom. The van der Waals surface area contributed by atoms with E-state index >= 15 is 0 Å². The summed E-state index contributed by atoms with van der Waals surface area (Å²) in [6, 6.07) is 0. The Morgan fingerprint density at radius 1 is 1.40 bits per heavy atom. The number of epoxide rings is 1. The molecule has 0 amide bonds. The van der Waals surface area contributed by atoms with Crippen molar-refractivity contribution in [3.63, 3.8) is 0 Å². The summed E-state index contributed by atoms with van der Waals surface area (Å²) in [4.78, 5) is 0. The van der Waals surface area contributed by atoms with Crippen molar-refractivity contribution in [1.82, 2.24) is 0 Å². The van der Waals surface area contributed by atoms with Crippen LogP contribution in [-0.4, -0.2) is 26.6 Å². The summed E-state index contributed by atoms with van der Waals surface area (Å²) in [5, 5.41) is 0.264. The molecule has 1 rings (SSSR count). The lowest BCUT2D eigenvalue weighted by atomic mass is 10.2. The van der Waals surface area contributed by atoms with E-state index in [2.05, 4.69) is 47.4 Å². The third-order valence-electron chi connectivity index (χ3n) is 3.54. The van der Waals surface area contributed by atoms with Gasteiger partial charge >= 0.3 is 0 Å². The quantitative estimate of drug-likeness (QED) is 0.418. The van der Waals surface area contributed by atoms with Crippen molar-refractivity contribution in [3.8, 4) is 0 Å². The fourth-order valence-corrected chi connectivity index (χ4v) is 2.83. The van der Waals surface area contributed by atoms with Crippen LogP contribution in [0.25, 0.3) is 0 Å². The highest BCUT2D eigenvalue weighted by Crippen LogP contribution is 2.39. The summed E-state index contributed by atoms with van der Waals surface area (Å²) < 4.78 is 11.7. The second-order valence-corrected chi connectivity index (χ2v) is 10.6. The Kier molecular flexibility index (Phi) is 3.48. The van der Waals surface area contributed by atoms with Crippen LogP contribution in [0.1, 0.15) is 27.7 Å². The molecule has 0 bridgehead atoms. The molecule has 0 saturated carbocycles. The minimum absolute atomic E-state index is 0.189. The maximum absolute atomic E-state index is 6.22. The highest BCUT2D eigenvalue weighted by atomic mass is 28.4. The Morgan fingerprint density at radius 2 is 1.93 bits per heavy atom. The number of rotatable bonds is 4. The molecule has 0 aliphatic carbocycles. The molecule has 2 nitrogen and oxygen atoms in total. The van der Waals surface area contributed by atoms with Crippen LogP contribution in [0.15, 0.2) is 12.7 Å². The minimum Gasteiger partial charge on any atom is -0.411 e. The first-order valence-corrected chi connectivity index (χ1v) is 8.56. The monoisotopic (exact) mass is 228 g/mol. The smallest absolute Gasteiger partial charge is 0.192 e. The van der Waals surface area contributed by atoms with Crippen LogP contribution in [0, 0.1) is 0 Å². The molecule has 0 aromatic heterocycles. The summed E-state index contributed by atoms with van der Waals surface area (Å²) in [5.41, 5.74) is 0. The molecule has 0 radical (unpaired) electrons. The Bertz CT molecular complexity index is 242. The molecule has 1 aliphatic rings. The van der Waals surface area contributed by atoms with Crippen molar-refractivity contribution in [2.75, 3.05) is 0 Å². The number of ether oxygens (including phenoxy) is 1. The summed E-state index contributed by atoms with van der Waals surface area (Å²) in [6.07, 6.45) is 2.49. The largest absolute Gasteiger partial charge is 0.411 e. The first kappa shape index (κ1) is 12.9. The number of hydrogen-bond acceptors (Lipinski definition) is 2. The molecule has 1 fully saturated rings. The van der Waals surface area contributed by atoms with Crippen LogP contribution < -0.4 is 0 Å². The first-order chi connectivity index (χ1) is 6.69. The van der Waals surface area contributed by atoms with Gasteiger partial charge in [-0.3, -0.25) is 0 Å². The van der Waals surface area contributed by atoms with Gasteiger partial charge in [-0.15, -0.1) is 6.58 Å². The second-order valence-electron chi connectivity index (χ2n) is 5.88. The fraction of sp³-hybridized carbons (Fsp3) is 0.833. The van der Waals surface area contributed by atoms with E-state index in [-0.39, 0.29) is 23.4 Å². The Hall–Kier alpha value is -0.123. The molecular formula is C12H24O2Si. The van der Waals surface area contributed by atoms with Crippen molar-refractivity contribution in [2.45, 2.75) is 64.1 Å². The third-order valence-corrected chi connectivity index (χ3v) is 8.12. The topological polar surface area (TPSA) is 21.8 Å². The second kappa shape index (κ2) is 4.04. The molecule has 0 aromatic carbocycles. The van der Waals surface area contributed by atoms with Gasteiger partial charge in [0.15, 0.2) is 8.32 Å². The zero-order chi connectivity index (χ0) is 11.9. The molecule has 1 aliphatic heterocycles. The third kappa shape index (κ3) is 2.92. The maximum atomic E-state index is 6.22. The standard InChI is InChI=1S/C12H24O2Si/c1-8-10-11(13-10)9(2)14-15(6,7)12(3,4)5/h8-11H,1H2,2-7H3/t9-,10-,11-/m0/s1. The van der Waals surface area contributed by atoms with E-state index in [1.807, 2.05) is 6.08 Å². The molecule has 1 heterocycles. The van der Waals surface area contributed by atoms with Crippen LogP contribution in [-0.2, 0) is 9.16 Å². The van der Waals surface area contributed by atoms with Crippen molar-refractivity contribution in [2.24, 2.45) is 0 Å². The van der Waals surface area contributed by atoms with Gasteiger partial charge in [0.2, 0.25) is 0 Å². The van der Waals surface area contributed by atoms with Crippen LogP contribution in [0.3, 0.4) is 0 Å². The van der Waals surface area contributed by atoms with Crippen LogP contribution in [0.4, 0.5) is 0 Å². The zero-order valence-electron chi connectivity index (χ0n) is 10.8. The Labute approximate surface area is 94.8 Å². The maximum Gasteiger partial charge on any atom is 0.192 e. The molecule has 1 saturated heterocycles. The molecule has 15 heavy (non-hydrogen) atoms. The van der Waals surface area contributed by atoms with E-state index in [4.69, 9.17) is 9.16 Å². The lowest BCUT2D eigenvalue weighted by Crippen LogP contribution is -2.44. The molecule has 88 valence electrons. The minimum atomic E-state index is -1.65. The zero-order valence-corrected chi connectivity index (χ0v) is 11.8. The van der Waals surface area contributed by atoms with Crippen LogP contribution >= 0.6 is 0 Å². The van der Waals surface area contributed by atoms with Gasteiger partial charge in [0.25, 0.3) is 0 Å². The van der Waals surface area contributed by atoms with Crippen LogP contribution in [0.5, 0.6) is 0 Å². The van der Waals surface area contributed by atoms with Gasteiger partial charge < -0.3 is 9.16 Å². The van der Waals surface area contributed by atoms with Gasteiger partial charge in [0, 0.05) is 0 Å². The van der Waals surface area contributed by atoms with E-state index in [1.54, 1.807) is 0 Å². The van der Waals surface area contributed by atoms with Gasteiger partial charge in [0.05, 0.1) is 6.10 Å². The van der Waals surface area contributed by atoms with Gasteiger partial charge in [-0.2, -0.15) is 0 Å². The van der Waals surface area contributed by atoms with Crippen LogP contribution in [0.2, 0.25) is 18.1 Å². The predicted octanol–water partition coefficient (Wildman–Crippen LogP) is 3.35. The molecular weight excluding hydrogens is 204 g/mol. The Balaban J connectivity index is 2.51. The average Bonchev–Trinajstić information content (AvgIpc) is 2.79. The molecule has 0 aromatic rings. The summed E-state index contributed by atoms with van der Waals surface area (Å²) in [6.45, 7) is 17.1. The SMILES string of the molecule is C=C[C@@H]1O[C@H]1[C@H](C)O[Si](C)(C)C(C)(C)C. The van der Waals surface area contributed by atoms with E-state index in [0.717, 1.165) is 0 Å². The summed E-state index contributed by atoms with van der Waals surface area (Å²) >= 11 is 0. The van der Waals surface area contributed by atoms with Gasteiger partial charge in [0.1, 0.15) is 12.2 Å². The van der Waals surface area contributed by atoms with Gasteiger partial charge in [-0.05, 0) is 25.1 Å². The molecule has 3 atom stereocenters. The van der Waals surface area contributed by atoms with Crippen molar-refractivity contribution in [1.29, 1.82) is 0 Å². The van der Waals surface area contributed by atoms with E-state index in [1.165, 1.54) is 0 Å². The van der Waals surface area contributed by atoms with E-state index < -0.39 is 8.32 Å². The van der Waals surface area contributed by atoms with Crippen molar-refractivity contribution >= 4 is 8.32 Å². The highest BCUT2D eigenvalue weighted by Gasteiger charge is 2.46. The summed E-state index contributed by atoms with van der Waals surface area (Å²) in [5.74, 6) is 0. The molecule has 0 unspecified atom stereocenters. The van der Waals surface area contributed by atoms with Crippen molar-refractivity contribution in [3.05, 3.63) is 12.7 Å². The van der Waals surface area contributed by atoms with E-state index in [9.17, 15) is 0 Å². The molecule has 0 spiro atoms. The fourth-order valence-electron chi connectivity index (χ4n) is 1.41. The van der Waals surface area contributed by atoms with E-state index in [0.29, 0.717) is 0 Å². The highest BCUT2D eigenvalue weighted by molar-refractivity contribution is 6.74. The lowest BCUT2D eigenvalue weighted by Gasteiger charge is -2.38. The molecule has 0 N–H and O–H groups in total. The molecule has 3 heteroatoms. The number of hydrogen-bond donors (Lipinski definition) is 0. The average molecular weight is 228 g/mol. The van der Waals surface area contributed by atoms with Gasteiger partial charge in [-0.1, -0.05) is 26.8 Å². The lowest BCUT2D eigenvalue weighted by molar-refractivity contribution is 0.159.